The van der Waals surface area contributed by atoms with Crippen LogP contribution in [-0.2, 0) is 24.3 Å². The van der Waals surface area contributed by atoms with Gasteiger partial charge in [0.1, 0.15) is 6.33 Å². The summed E-state index contributed by atoms with van der Waals surface area (Å²) >= 11 is 0. The van der Waals surface area contributed by atoms with Gasteiger partial charge in [-0.15, -0.1) is 5.10 Å². The number of aliphatic hydroxyl groups excluding tert-OH is 1. The van der Waals surface area contributed by atoms with Crippen molar-refractivity contribution in [1.82, 2.24) is 34.9 Å². The first-order valence-electron chi connectivity index (χ1n) is 8.45. The van der Waals surface area contributed by atoms with Crippen molar-refractivity contribution in [1.29, 1.82) is 0 Å². The molecular weight excluding hydrogens is 334 g/mol. The highest BCUT2D eigenvalue weighted by Gasteiger charge is 2.23. The van der Waals surface area contributed by atoms with Gasteiger partial charge in [0.25, 0.3) is 0 Å². The van der Waals surface area contributed by atoms with Crippen molar-refractivity contribution >= 4 is 5.91 Å². The van der Waals surface area contributed by atoms with E-state index in [2.05, 4.69) is 20.6 Å². The Labute approximate surface area is 149 Å². The van der Waals surface area contributed by atoms with Crippen LogP contribution in [0.25, 0.3) is 5.69 Å². The minimum absolute atomic E-state index is 0.0752. The highest BCUT2D eigenvalue weighted by atomic mass is 16.3. The number of nitrogens with zero attached hydrogens (tertiary/aromatic N) is 7. The Morgan fingerprint density at radius 1 is 1.27 bits per heavy atom. The first kappa shape index (κ1) is 16.4. The van der Waals surface area contributed by atoms with Crippen LogP contribution in [0, 0.1) is 0 Å². The molecule has 1 amide bonds. The average molecular weight is 353 g/mol. The van der Waals surface area contributed by atoms with E-state index >= 15 is 0 Å². The summed E-state index contributed by atoms with van der Waals surface area (Å²) in [4.78, 5) is 14.5. The lowest BCUT2D eigenvalue weighted by atomic mass is 10.1. The Hall–Kier alpha value is -3.07. The summed E-state index contributed by atoms with van der Waals surface area (Å²) in [5.41, 5.74) is 3.39. The summed E-state index contributed by atoms with van der Waals surface area (Å²) in [6, 6.07) is 9.46. The second-order valence-electron chi connectivity index (χ2n) is 6.37. The van der Waals surface area contributed by atoms with Crippen LogP contribution in [0.2, 0.25) is 0 Å². The van der Waals surface area contributed by atoms with Crippen molar-refractivity contribution in [2.75, 3.05) is 6.54 Å². The Morgan fingerprint density at radius 2 is 2.08 bits per heavy atom. The molecule has 1 atom stereocenters. The predicted octanol–water partition coefficient (Wildman–Crippen LogP) is 0.497. The number of aromatic nitrogens is 6. The molecule has 3 heterocycles. The van der Waals surface area contributed by atoms with Gasteiger partial charge in [0, 0.05) is 6.54 Å². The monoisotopic (exact) mass is 353 g/mol. The van der Waals surface area contributed by atoms with Crippen molar-refractivity contribution in [2.24, 2.45) is 0 Å². The molecule has 9 nitrogen and oxygen atoms in total. The Morgan fingerprint density at radius 3 is 2.77 bits per heavy atom. The van der Waals surface area contributed by atoms with Gasteiger partial charge >= 0.3 is 0 Å². The average Bonchev–Trinajstić information content (AvgIpc) is 3.31. The molecule has 134 valence electrons. The van der Waals surface area contributed by atoms with E-state index in [9.17, 15) is 9.90 Å². The molecule has 2 aromatic heterocycles. The fraction of sp³-hybridized carbons (Fsp3) is 0.353. The normalized spacial score (nSPS) is 14.9. The molecule has 0 fully saturated rings. The van der Waals surface area contributed by atoms with E-state index in [4.69, 9.17) is 0 Å². The third-order valence-electron chi connectivity index (χ3n) is 4.50. The van der Waals surface area contributed by atoms with Gasteiger partial charge in [0.2, 0.25) is 5.91 Å². The third-order valence-corrected chi connectivity index (χ3v) is 4.50. The van der Waals surface area contributed by atoms with Crippen LogP contribution in [0.1, 0.15) is 30.0 Å². The number of benzene rings is 1. The van der Waals surface area contributed by atoms with Gasteiger partial charge in [-0.05, 0) is 41.1 Å². The number of amides is 1. The van der Waals surface area contributed by atoms with Crippen molar-refractivity contribution < 1.29 is 9.90 Å². The van der Waals surface area contributed by atoms with Crippen molar-refractivity contribution in [3.05, 3.63) is 53.6 Å². The minimum atomic E-state index is -0.601. The van der Waals surface area contributed by atoms with Gasteiger partial charge in [-0.2, -0.15) is 5.10 Å². The molecule has 1 aromatic carbocycles. The van der Waals surface area contributed by atoms with Crippen LogP contribution in [0.5, 0.6) is 0 Å². The number of hydrogen-bond acceptors (Lipinski definition) is 6. The first-order valence-corrected chi connectivity index (χ1v) is 8.45. The maximum Gasteiger partial charge on any atom is 0.227 e. The molecule has 0 bridgehead atoms. The summed E-state index contributed by atoms with van der Waals surface area (Å²) in [6.45, 7) is 3.47. The molecule has 26 heavy (non-hydrogen) atoms. The van der Waals surface area contributed by atoms with E-state index in [0.717, 1.165) is 16.9 Å². The van der Waals surface area contributed by atoms with Crippen LogP contribution < -0.4 is 0 Å². The second kappa shape index (κ2) is 6.68. The zero-order valence-electron chi connectivity index (χ0n) is 14.4. The molecular formula is C17H19N7O2. The Bertz CT molecular complexity index is 900. The van der Waals surface area contributed by atoms with E-state index in [1.54, 1.807) is 11.6 Å². The topological polar surface area (TPSA) is 102 Å². The third kappa shape index (κ3) is 3.21. The summed E-state index contributed by atoms with van der Waals surface area (Å²) in [5, 5.41) is 25.1. The molecule has 0 saturated carbocycles. The van der Waals surface area contributed by atoms with Crippen LogP contribution in [0.15, 0.2) is 36.7 Å². The largest absolute Gasteiger partial charge is 0.387 e. The minimum Gasteiger partial charge on any atom is -0.387 e. The van der Waals surface area contributed by atoms with Gasteiger partial charge in [-0.3, -0.25) is 9.48 Å². The fourth-order valence-corrected chi connectivity index (χ4v) is 3.04. The molecule has 1 aliphatic heterocycles. The number of aliphatic hydroxyl groups is 1. The predicted molar refractivity (Wildman–Crippen MR) is 91.1 cm³/mol. The second-order valence-corrected chi connectivity index (χ2v) is 6.37. The van der Waals surface area contributed by atoms with Crippen LogP contribution >= 0.6 is 0 Å². The van der Waals surface area contributed by atoms with E-state index in [1.165, 1.54) is 6.33 Å². The Balaban J connectivity index is 1.42. The van der Waals surface area contributed by atoms with Gasteiger partial charge in [0.05, 0.1) is 42.7 Å². The number of carbonyl (C=O) groups excluding carboxylic acids is 1. The zero-order valence-corrected chi connectivity index (χ0v) is 14.4. The summed E-state index contributed by atoms with van der Waals surface area (Å²) in [6.07, 6.45) is 1.27. The van der Waals surface area contributed by atoms with Gasteiger partial charge in [-0.1, -0.05) is 12.1 Å². The maximum absolute atomic E-state index is 12.6. The van der Waals surface area contributed by atoms with Crippen molar-refractivity contribution in [3.8, 4) is 5.69 Å². The van der Waals surface area contributed by atoms with Crippen LogP contribution in [0.3, 0.4) is 0 Å². The van der Waals surface area contributed by atoms with Gasteiger partial charge in [-0.25, -0.2) is 4.68 Å². The SMILES string of the molecule is CC(O)c1cc2n(n1)CCN(C(=O)Cc1ccc(-n3cnnn3)cc1)C2. The smallest absolute Gasteiger partial charge is 0.227 e. The summed E-state index contributed by atoms with van der Waals surface area (Å²) in [5.74, 6) is 0.0752. The highest BCUT2D eigenvalue weighted by molar-refractivity contribution is 5.79. The standard InChI is InChI=1S/C17H19N7O2/c1-12(25)16-9-15-10-22(6-7-23(15)19-16)17(26)8-13-2-4-14(5-3-13)24-11-18-20-21-24/h2-5,9,11-12,25H,6-8,10H2,1H3. The number of carbonyl (C=O) groups is 1. The van der Waals surface area contributed by atoms with E-state index in [-0.39, 0.29) is 5.91 Å². The van der Waals surface area contributed by atoms with E-state index in [1.807, 2.05) is 39.9 Å². The van der Waals surface area contributed by atoms with Crippen LogP contribution in [0.4, 0.5) is 0 Å². The first-order chi connectivity index (χ1) is 12.6. The number of rotatable bonds is 4. The lowest BCUT2D eigenvalue weighted by molar-refractivity contribution is -0.132. The number of fused-ring (bicyclic) bond motifs is 1. The lowest BCUT2D eigenvalue weighted by Crippen LogP contribution is -2.39. The number of hydrogen-bond donors (Lipinski definition) is 1. The van der Waals surface area contributed by atoms with Crippen molar-refractivity contribution in [2.45, 2.75) is 32.5 Å². The number of tetrazole rings is 1. The molecule has 0 aliphatic carbocycles. The summed E-state index contributed by atoms with van der Waals surface area (Å²) in [7, 11) is 0. The summed E-state index contributed by atoms with van der Waals surface area (Å²) < 4.78 is 3.43. The zero-order chi connectivity index (χ0) is 18.1. The maximum atomic E-state index is 12.6. The molecule has 4 rings (SSSR count). The van der Waals surface area contributed by atoms with E-state index < -0.39 is 6.10 Å². The molecule has 0 saturated heterocycles. The van der Waals surface area contributed by atoms with Gasteiger partial charge < -0.3 is 10.0 Å². The molecule has 9 heteroatoms. The fourth-order valence-electron chi connectivity index (χ4n) is 3.04. The molecule has 1 unspecified atom stereocenters. The molecule has 1 N–H and O–H groups in total. The molecule has 1 aliphatic rings. The lowest BCUT2D eigenvalue weighted by Gasteiger charge is -2.27. The molecule has 0 spiro atoms. The highest BCUT2D eigenvalue weighted by Crippen LogP contribution is 2.19. The Kier molecular flexibility index (Phi) is 4.21. The quantitative estimate of drug-likeness (QED) is 0.733. The molecule has 0 radical (unpaired) electrons. The molecule has 3 aromatic rings. The van der Waals surface area contributed by atoms with Gasteiger partial charge in [0.15, 0.2) is 0 Å². The van der Waals surface area contributed by atoms with Crippen LogP contribution in [-0.4, -0.2) is 52.4 Å². The van der Waals surface area contributed by atoms with Crippen molar-refractivity contribution in [3.63, 3.8) is 0 Å². The van der Waals surface area contributed by atoms with E-state index in [0.29, 0.717) is 31.7 Å².